The van der Waals surface area contributed by atoms with Crippen LogP contribution in [-0.4, -0.2) is 4.11 Å². The molecule has 0 heterocycles. The van der Waals surface area contributed by atoms with Gasteiger partial charge in [-0.3, -0.25) is 0 Å². The normalized spacial score (nSPS) is 13.7. The van der Waals surface area contributed by atoms with E-state index in [9.17, 15) is 4.39 Å². The van der Waals surface area contributed by atoms with Crippen LogP contribution >= 0.6 is 22.6 Å². The molecule has 1 nitrogen and oxygen atoms in total. The minimum atomic E-state index is -0.241. The number of hydrogen-bond donors (Lipinski definition) is 0. The molecule has 0 N–H and O–H groups in total. The van der Waals surface area contributed by atoms with Crippen molar-refractivity contribution in [2.75, 3.05) is 0 Å². The van der Waals surface area contributed by atoms with E-state index >= 15 is 0 Å². The Morgan fingerprint density at radius 2 is 1.87 bits per heavy atom. The Kier molecular flexibility index (Phi) is 3.98. The Morgan fingerprint density at radius 1 is 1.27 bits per heavy atom. The summed E-state index contributed by atoms with van der Waals surface area (Å²) in [6, 6.07) is 4.88. The van der Waals surface area contributed by atoms with Crippen molar-refractivity contribution < 1.29 is 9.13 Å². The van der Waals surface area contributed by atoms with Gasteiger partial charge in [0.25, 0.3) is 0 Å². The first kappa shape index (κ1) is 12.7. The molecule has 0 aliphatic carbocycles. The fourth-order valence-electron chi connectivity index (χ4n) is 1.25. The maximum absolute atomic E-state index is 13.3. The van der Waals surface area contributed by atoms with E-state index in [1.807, 2.05) is 13.0 Å². The van der Waals surface area contributed by atoms with E-state index in [0.29, 0.717) is 5.75 Å². The van der Waals surface area contributed by atoms with Crippen LogP contribution in [0.3, 0.4) is 0 Å². The zero-order valence-corrected chi connectivity index (χ0v) is 11.6. The summed E-state index contributed by atoms with van der Waals surface area (Å²) in [5.74, 6) is 0.358. The Balaban J connectivity index is 3.06. The molecule has 1 aromatic carbocycles. The van der Waals surface area contributed by atoms with Crippen LogP contribution in [0.4, 0.5) is 4.39 Å². The van der Waals surface area contributed by atoms with Gasteiger partial charge in [-0.15, -0.1) is 0 Å². The van der Waals surface area contributed by atoms with Gasteiger partial charge in [-0.2, -0.15) is 0 Å². The van der Waals surface area contributed by atoms with E-state index in [2.05, 4.69) is 43.4 Å². The molecule has 1 atom stereocenters. The Labute approximate surface area is 104 Å². The third-order valence-electron chi connectivity index (χ3n) is 2.04. The molecular formula is C12H16FIO. The van der Waals surface area contributed by atoms with Crippen molar-refractivity contribution in [3.8, 4) is 5.75 Å². The number of alkyl halides is 1. The lowest BCUT2D eigenvalue weighted by Gasteiger charge is -2.20. The fraction of sp³-hybridized carbons (Fsp3) is 0.500. The molecule has 0 aliphatic heterocycles. The first-order valence-corrected chi connectivity index (χ1v) is 6.15. The summed E-state index contributed by atoms with van der Waals surface area (Å²) >= 11 is 2.15. The van der Waals surface area contributed by atoms with Crippen LogP contribution in [0.15, 0.2) is 18.2 Å². The third kappa shape index (κ3) is 3.97. The first-order chi connectivity index (χ1) is 6.79. The number of rotatable bonds is 2. The number of ether oxygens (including phenoxy) is 1. The molecule has 1 aromatic rings. The average Bonchev–Trinajstić information content (AvgIpc) is 1.99. The van der Waals surface area contributed by atoms with Gasteiger partial charge in [-0.25, -0.2) is 4.39 Å². The van der Waals surface area contributed by atoms with Gasteiger partial charge in [0.1, 0.15) is 15.7 Å². The lowest BCUT2D eigenvalue weighted by molar-refractivity contribution is 0.319. The zero-order chi connectivity index (χ0) is 11.6. The Bertz CT molecular complexity index is 342. The van der Waals surface area contributed by atoms with E-state index in [-0.39, 0.29) is 15.3 Å². The highest BCUT2D eigenvalue weighted by Gasteiger charge is 2.16. The third-order valence-corrected chi connectivity index (χ3v) is 2.29. The molecule has 84 valence electrons. The van der Waals surface area contributed by atoms with Crippen molar-refractivity contribution in [1.29, 1.82) is 0 Å². The number of benzene rings is 1. The SMILES string of the molecule is CC(I)Oc1cc(F)cc(C(C)(C)C)c1. The number of hydrogen-bond acceptors (Lipinski definition) is 1. The lowest BCUT2D eigenvalue weighted by Crippen LogP contribution is -2.12. The molecule has 0 fully saturated rings. The quantitative estimate of drug-likeness (QED) is 0.583. The first-order valence-electron chi connectivity index (χ1n) is 4.91. The van der Waals surface area contributed by atoms with Crippen molar-refractivity contribution in [1.82, 2.24) is 0 Å². The zero-order valence-electron chi connectivity index (χ0n) is 9.47. The van der Waals surface area contributed by atoms with E-state index in [1.165, 1.54) is 6.07 Å². The molecule has 0 aromatic heterocycles. The van der Waals surface area contributed by atoms with Gasteiger partial charge in [0.05, 0.1) is 0 Å². The van der Waals surface area contributed by atoms with Crippen LogP contribution in [0, 0.1) is 5.82 Å². The van der Waals surface area contributed by atoms with Gasteiger partial charge < -0.3 is 4.74 Å². The maximum Gasteiger partial charge on any atom is 0.146 e. The summed E-state index contributed by atoms with van der Waals surface area (Å²) in [4.78, 5) is 0. The second kappa shape index (κ2) is 4.68. The minimum Gasteiger partial charge on any atom is -0.480 e. The highest BCUT2D eigenvalue weighted by Crippen LogP contribution is 2.28. The highest BCUT2D eigenvalue weighted by atomic mass is 127. The molecule has 0 spiro atoms. The van der Waals surface area contributed by atoms with Gasteiger partial charge >= 0.3 is 0 Å². The smallest absolute Gasteiger partial charge is 0.146 e. The largest absolute Gasteiger partial charge is 0.480 e. The summed E-state index contributed by atoms with van der Waals surface area (Å²) in [7, 11) is 0. The van der Waals surface area contributed by atoms with Crippen molar-refractivity contribution in [2.45, 2.75) is 37.2 Å². The summed E-state index contributed by atoms with van der Waals surface area (Å²) in [5, 5.41) is 0. The van der Waals surface area contributed by atoms with Crippen LogP contribution in [0.1, 0.15) is 33.3 Å². The Morgan fingerprint density at radius 3 is 2.33 bits per heavy atom. The molecule has 1 rings (SSSR count). The van der Waals surface area contributed by atoms with Gasteiger partial charge in [0.2, 0.25) is 0 Å². The van der Waals surface area contributed by atoms with E-state index in [0.717, 1.165) is 5.56 Å². The van der Waals surface area contributed by atoms with Crippen molar-refractivity contribution in [3.63, 3.8) is 0 Å². The maximum atomic E-state index is 13.3. The van der Waals surface area contributed by atoms with Crippen molar-refractivity contribution in [3.05, 3.63) is 29.6 Å². The molecule has 1 unspecified atom stereocenters. The number of halogens is 2. The van der Waals surface area contributed by atoms with Gasteiger partial charge in [-0.1, -0.05) is 20.8 Å². The van der Waals surface area contributed by atoms with Crippen molar-refractivity contribution in [2.24, 2.45) is 0 Å². The molecule has 3 heteroatoms. The summed E-state index contributed by atoms with van der Waals surface area (Å²) in [6.07, 6.45) is 0. The van der Waals surface area contributed by atoms with Crippen LogP contribution in [0.5, 0.6) is 5.75 Å². The monoisotopic (exact) mass is 322 g/mol. The summed E-state index contributed by atoms with van der Waals surface area (Å²) in [6.45, 7) is 8.08. The second-order valence-electron chi connectivity index (χ2n) is 4.59. The van der Waals surface area contributed by atoms with Gasteiger partial charge in [-0.05, 0) is 52.6 Å². The van der Waals surface area contributed by atoms with Crippen molar-refractivity contribution >= 4 is 22.6 Å². The molecule has 0 saturated heterocycles. The topological polar surface area (TPSA) is 9.23 Å². The fourth-order valence-corrected chi connectivity index (χ4v) is 1.54. The van der Waals surface area contributed by atoms with E-state index in [4.69, 9.17) is 4.74 Å². The van der Waals surface area contributed by atoms with Crippen LogP contribution < -0.4 is 4.74 Å². The summed E-state index contributed by atoms with van der Waals surface area (Å²) in [5.41, 5.74) is 0.892. The van der Waals surface area contributed by atoms with Crippen LogP contribution in [0.2, 0.25) is 0 Å². The molecule has 0 amide bonds. The Hall–Kier alpha value is -0.320. The highest BCUT2D eigenvalue weighted by molar-refractivity contribution is 14.1. The van der Waals surface area contributed by atoms with Gasteiger partial charge in [0.15, 0.2) is 0 Å². The predicted octanol–water partition coefficient (Wildman–Crippen LogP) is 4.28. The average molecular weight is 322 g/mol. The van der Waals surface area contributed by atoms with E-state index in [1.54, 1.807) is 6.07 Å². The summed E-state index contributed by atoms with van der Waals surface area (Å²) < 4.78 is 18.8. The molecule has 0 bridgehead atoms. The standard InChI is InChI=1S/C12H16FIO/c1-8(14)15-11-6-9(12(2,3)4)5-10(13)7-11/h5-8H,1-4H3. The minimum absolute atomic E-state index is 0.0391. The molecule has 15 heavy (non-hydrogen) atoms. The predicted molar refractivity (Wildman–Crippen MR) is 69.2 cm³/mol. The molecule has 0 saturated carbocycles. The lowest BCUT2D eigenvalue weighted by atomic mass is 9.87. The van der Waals surface area contributed by atoms with E-state index < -0.39 is 0 Å². The van der Waals surface area contributed by atoms with Crippen LogP contribution in [-0.2, 0) is 5.41 Å². The molecule has 0 radical (unpaired) electrons. The van der Waals surface area contributed by atoms with Crippen LogP contribution in [0.25, 0.3) is 0 Å². The second-order valence-corrected chi connectivity index (χ2v) is 6.34. The van der Waals surface area contributed by atoms with Gasteiger partial charge in [0, 0.05) is 6.07 Å². The molecular weight excluding hydrogens is 306 g/mol. The molecule has 0 aliphatic rings.